The number of nitrogens with two attached hydrogens (primary N) is 1. The largest absolute Gasteiger partial charge is 0.393 e. The molecule has 0 bridgehead atoms. The van der Waals surface area contributed by atoms with Gasteiger partial charge >= 0.3 is 6.18 Å². The Bertz CT molecular complexity index is 534. The molecule has 0 aliphatic carbocycles. The molecule has 0 saturated carbocycles. The van der Waals surface area contributed by atoms with Gasteiger partial charge in [0.05, 0.1) is 10.8 Å². The first kappa shape index (κ1) is 15.6. The van der Waals surface area contributed by atoms with Gasteiger partial charge < -0.3 is 5.73 Å². The summed E-state index contributed by atoms with van der Waals surface area (Å²) in [6.07, 6.45) is -3.57. The van der Waals surface area contributed by atoms with Gasteiger partial charge in [0.2, 0.25) is 0 Å². The molecular formula is C13H16F3N3O2. The van der Waals surface area contributed by atoms with E-state index in [1.54, 1.807) is 11.0 Å². The second kappa shape index (κ2) is 5.88. The zero-order valence-electron chi connectivity index (χ0n) is 11.3. The molecule has 5 nitrogen and oxygen atoms in total. The van der Waals surface area contributed by atoms with E-state index in [2.05, 4.69) is 0 Å². The van der Waals surface area contributed by atoms with E-state index in [4.69, 9.17) is 5.73 Å². The van der Waals surface area contributed by atoms with Gasteiger partial charge in [0, 0.05) is 19.2 Å². The highest BCUT2D eigenvalue weighted by Crippen LogP contribution is 2.33. The summed E-state index contributed by atoms with van der Waals surface area (Å²) in [5.74, 6) is -1.32. The van der Waals surface area contributed by atoms with Crippen molar-refractivity contribution in [2.24, 2.45) is 5.92 Å². The third kappa shape index (κ3) is 3.84. The molecule has 8 heteroatoms. The lowest BCUT2D eigenvalue weighted by Gasteiger charge is -2.33. The molecule has 1 unspecified atom stereocenters. The van der Waals surface area contributed by atoms with Gasteiger partial charge in [0.1, 0.15) is 5.69 Å². The van der Waals surface area contributed by atoms with Crippen molar-refractivity contribution in [1.82, 2.24) is 4.90 Å². The molecule has 0 spiro atoms. The lowest BCUT2D eigenvalue weighted by atomic mass is 9.97. The Hall–Kier alpha value is -1.83. The predicted molar refractivity (Wildman–Crippen MR) is 71.6 cm³/mol. The first-order chi connectivity index (χ1) is 9.77. The molecule has 1 saturated heterocycles. The van der Waals surface area contributed by atoms with Crippen LogP contribution in [0.4, 0.5) is 24.5 Å². The van der Waals surface area contributed by atoms with Crippen molar-refractivity contribution in [1.29, 1.82) is 0 Å². The maximum Gasteiger partial charge on any atom is 0.393 e. The van der Waals surface area contributed by atoms with Crippen molar-refractivity contribution in [3.63, 3.8) is 0 Å². The summed E-state index contributed by atoms with van der Waals surface area (Å²) in [5, 5.41) is 10.8. The molecule has 0 aromatic heterocycles. The zero-order valence-corrected chi connectivity index (χ0v) is 11.3. The SMILES string of the molecule is Nc1ccc(CN2CCCC(C(F)(F)F)C2)cc1[N+](=O)[O-]. The van der Waals surface area contributed by atoms with Crippen LogP contribution in [0.15, 0.2) is 18.2 Å². The molecule has 2 rings (SSSR count). The fraction of sp³-hybridized carbons (Fsp3) is 0.538. The molecule has 1 fully saturated rings. The highest BCUT2D eigenvalue weighted by molar-refractivity contribution is 5.59. The number of benzene rings is 1. The minimum atomic E-state index is -4.19. The van der Waals surface area contributed by atoms with Crippen LogP contribution in [-0.2, 0) is 6.54 Å². The van der Waals surface area contributed by atoms with Crippen LogP contribution >= 0.6 is 0 Å². The van der Waals surface area contributed by atoms with E-state index in [9.17, 15) is 23.3 Å². The van der Waals surface area contributed by atoms with Crippen molar-refractivity contribution < 1.29 is 18.1 Å². The van der Waals surface area contributed by atoms with Crippen LogP contribution in [0.3, 0.4) is 0 Å². The number of nitro groups is 1. The molecule has 0 radical (unpaired) electrons. The number of nitro benzene ring substituents is 1. The van der Waals surface area contributed by atoms with Crippen LogP contribution in [0.25, 0.3) is 0 Å². The van der Waals surface area contributed by atoms with Crippen LogP contribution in [0.5, 0.6) is 0 Å². The Morgan fingerprint density at radius 2 is 2.14 bits per heavy atom. The minimum Gasteiger partial charge on any atom is -0.393 e. The molecular weight excluding hydrogens is 287 g/mol. The standard InChI is InChI=1S/C13H16F3N3O2/c14-13(15,16)10-2-1-5-18(8-10)7-9-3-4-11(17)12(6-9)19(20)21/h3-4,6,10H,1-2,5,7-8,17H2. The van der Waals surface area contributed by atoms with Gasteiger partial charge in [-0.3, -0.25) is 15.0 Å². The summed E-state index contributed by atoms with van der Waals surface area (Å²) in [5.41, 5.74) is 5.93. The Labute approximate surface area is 119 Å². The number of hydrogen-bond donors (Lipinski definition) is 1. The number of alkyl halides is 3. The molecule has 1 aliphatic heterocycles. The summed E-state index contributed by atoms with van der Waals surface area (Å²) < 4.78 is 38.2. The molecule has 0 amide bonds. The van der Waals surface area contributed by atoms with Gasteiger partial charge in [-0.05, 0) is 31.0 Å². The molecule has 1 atom stereocenters. The van der Waals surface area contributed by atoms with Crippen LogP contribution in [-0.4, -0.2) is 29.1 Å². The summed E-state index contributed by atoms with van der Waals surface area (Å²) in [7, 11) is 0. The molecule has 1 aromatic rings. The summed E-state index contributed by atoms with van der Waals surface area (Å²) >= 11 is 0. The second-order valence-corrected chi connectivity index (χ2v) is 5.27. The summed E-state index contributed by atoms with van der Waals surface area (Å²) in [4.78, 5) is 11.9. The fourth-order valence-electron chi connectivity index (χ4n) is 2.57. The quantitative estimate of drug-likeness (QED) is 0.529. The van der Waals surface area contributed by atoms with Crippen molar-refractivity contribution in [2.75, 3.05) is 18.8 Å². The Balaban J connectivity index is 2.08. The molecule has 116 valence electrons. The predicted octanol–water partition coefficient (Wildman–Crippen LogP) is 2.95. The van der Waals surface area contributed by atoms with E-state index in [1.807, 2.05) is 0 Å². The van der Waals surface area contributed by atoms with Gasteiger partial charge in [-0.15, -0.1) is 0 Å². The van der Waals surface area contributed by atoms with Gasteiger partial charge in [0.15, 0.2) is 0 Å². The first-order valence-corrected chi connectivity index (χ1v) is 6.59. The van der Waals surface area contributed by atoms with E-state index < -0.39 is 17.0 Å². The topological polar surface area (TPSA) is 72.4 Å². The third-order valence-corrected chi connectivity index (χ3v) is 3.67. The van der Waals surface area contributed by atoms with E-state index in [-0.39, 0.29) is 30.9 Å². The number of piperidine rings is 1. The Kier molecular flexibility index (Phi) is 4.36. The van der Waals surface area contributed by atoms with E-state index in [0.717, 1.165) is 0 Å². The van der Waals surface area contributed by atoms with Gasteiger partial charge in [0.25, 0.3) is 5.69 Å². The van der Waals surface area contributed by atoms with Crippen molar-refractivity contribution in [2.45, 2.75) is 25.6 Å². The number of halogens is 3. The smallest absolute Gasteiger partial charge is 0.393 e. The van der Waals surface area contributed by atoms with Crippen LogP contribution in [0.2, 0.25) is 0 Å². The molecule has 21 heavy (non-hydrogen) atoms. The summed E-state index contributed by atoms with van der Waals surface area (Å²) in [6, 6.07) is 4.35. The minimum absolute atomic E-state index is 0.0514. The normalized spacial score (nSPS) is 20.4. The highest BCUT2D eigenvalue weighted by Gasteiger charge is 2.41. The average Bonchev–Trinajstić information content (AvgIpc) is 2.40. The third-order valence-electron chi connectivity index (χ3n) is 3.67. The first-order valence-electron chi connectivity index (χ1n) is 6.59. The Morgan fingerprint density at radius 3 is 2.76 bits per heavy atom. The number of rotatable bonds is 3. The number of nitrogens with zero attached hydrogens (tertiary/aromatic N) is 2. The van der Waals surface area contributed by atoms with Gasteiger partial charge in [-0.25, -0.2) is 0 Å². The molecule has 2 N–H and O–H groups in total. The van der Waals surface area contributed by atoms with Crippen LogP contribution in [0.1, 0.15) is 18.4 Å². The monoisotopic (exact) mass is 303 g/mol. The molecule has 1 aliphatic rings. The van der Waals surface area contributed by atoms with E-state index in [0.29, 0.717) is 18.5 Å². The lowest BCUT2D eigenvalue weighted by molar-refractivity contribution is -0.384. The van der Waals surface area contributed by atoms with E-state index in [1.165, 1.54) is 12.1 Å². The summed E-state index contributed by atoms with van der Waals surface area (Å²) in [6.45, 7) is 0.750. The maximum absolute atomic E-state index is 12.7. The number of likely N-dealkylation sites (tertiary alicyclic amines) is 1. The van der Waals surface area contributed by atoms with E-state index >= 15 is 0 Å². The van der Waals surface area contributed by atoms with Crippen molar-refractivity contribution in [3.05, 3.63) is 33.9 Å². The highest BCUT2D eigenvalue weighted by atomic mass is 19.4. The van der Waals surface area contributed by atoms with Crippen molar-refractivity contribution in [3.8, 4) is 0 Å². The van der Waals surface area contributed by atoms with Crippen LogP contribution < -0.4 is 5.73 Å². The van der Waals surface area contributed by atoms with Crippen molar-refractivity contribution >= 4 is 11.4 Å². The van der Waals surface area contributed by atoms with Crippen LogP contribution in [0, 0.1) is 16.0 Å². The average molecular weight is 303 g/mol. The van der Waals surface area contributed by atoms with Gasteiger partial charge in [-0.2, -0.15) is 13.2 Å². The number of anilines is 1. The molecule has 1 aromatic carbocycles. The number of hydrogen-bond acceptors (Lipinski definition) is 4. The Morgan fingerprint density at radius 1 is 1.43 bits per heavy atom. The van der Waals surface area contributed by atoms with Gasteiger partial charge in [-0.1, -0.05) is 6.07 Å². The number of nitrogen functional groups attached to an aromatic ring is 1. The second-order valence-electron chi connectivity index (χ2n) is 5.27. The lowest BCUT2D eigenvalue weighted by Crippen LogP contribution is -2.41. The molecule has 1 heterocycles. The maximum atomic E-state index is 12.7. The zero-order chi connectivity index (χ0) is 15.6. The fourth-order valence-corrected chi connectivity index (χ4v) is 2.57.